The Hall–Kier alpha value is -4.82. The minimum Gasteiger partial charge on any atom is -0.744 e. The van der Waals surface area contributed by atoms with Crippen LogP contribution in [0.25, 0.3) is 12.2 Å². The second-order valence-corrected chi connectivity index (χ2v) is 15.3. The van der Waals surface area contributed by atoms with Gasteiger partial charge in [-0.15, -0.1) is 0 Å². The monoisotopic (exact) mass is 900 g/mol. The van der Waals surface area contributed by atoms with E-state index in [1.54, 1.807) is 24.3 Å². The van der Waals surface area contributed by atoms with Crippen LogP contribution in [0.15, 0.2) is 107 Å². The quantitative estimate of drug-likeness (QED) is 0.0189. The standard InChI is InChI=1S/C38H40N12O8S2.2Na/c51-21-7-19-39-33-45-35(41-27-9-3-1-4-10-27)49-37(47-33)43-29-17-15-25(31(23-29)59(53,54)55)13-14-26-16-18-30(24-32(26)60(56,57)58)44-38-48-34(40-20-8-22-52)46-36(50-38)42-28-11-5-2-6-12-28;;/h1-6,9-18,23-24,51-52H,7-8,19-22H2,(H,53,54,55)(H,56,57,58)(H3,39,41,43,45,47,49)(H3,40,42,44,46,48,50);;/q;2*+1/p-2/b14-13+;;. The molecule has 0 unspecified atom stereocenters. The van der Waals surface area contributed by atoms with Gasteiger partial charge in [-0.25, -0.2) is 16.8 Å². The van der Waals surface area contributed by atoms with Crippen LogP contribution >= 0.6 is 0 Å². The van der Waals surface area contributed by atoms with E-state index in [0.29, 0.717) is 37.3 Å². The normalized spacial score (nSPS) is 11.2. The van der Waals surface area contributed by atoms with Crippen molar-refractivity contribution in [2.75, 3.05) is 58.2 Å². The smallest absolute Gasteiger partial charge is 0.744 e. The van der Waals surface area contributed by atoms with Crippen molar-refractivity contribution in [2.24, 2.45) is 0 Å². The second-order valence-electron chi connectivity index (χ2n) is 12.6. The van der Waals surface area contributed by atoms with E-state index in [0.717, 1.165) is 12.1 Å². The number of rotatable bonds is 20. The first-order chi connectivity index (χ1) is 28.9. The zero-order chi connectivity index (χ0) is 42.5. The van der Waals surface area contributed by atoms with Crippen LogP contribution in [-0.4, -0.2) is 92.4 Å². The Labute approximate surface area is 401 Å². The van der Waals surface area contributed by atoms with Gasteiger partial charge in [-0.3, -0.25) is 0 Å². The number of aliphatic hydroxyl groups is 2. The fraction of sp³-hybridized carbons (Fsp3) is 0.158. The molecule has 0 bridgehead atoms. The van der Waals surface area contributed by atoms with Crippen molar-refractivity contribution in [3.63, 3.8) is 0 Å². The third-order valence-electron chi connectivity index (χ3n) is 8.09. The number of aromatic nitrogens is 6. The van der Waals surface area contributed by atoms with Crippen molar-refractivity contribution in [1.29, 1.82) is 0 Å². The molecule has 6 aromatic rings. The molecule has 312 valence electrons. The molecular weight excluding hydrogens is 863 g/mol. The van der Waals surface area contributed by atoms with E-state index in [-0.39, 0.29) is 131 Å². The van der Waals surface area contributed by atoms with Crippen molar-refractivity contribution < 1.29 is 95.3 Å². The molecule has 0 saturated heterocycles. The van der Waals surface area contributed by atoms with E-state index >= 15 is 0 Å². The molecule has 0 spiro atoms. The molecule has 24 heteroatoms. The molecule has 0 fully saturated rings. The number of nitrogens with zero attached hydrogens (tertiary/aromatic N) is 6. The van der Waals surface area contributed by atoms with E-state index in [2.05, 4.69) is 61.8 Å². The Kier molecular flexibility index (Phi) is 18.9. The van der Waals surface area contributed by atoms with Gasteiger partial charge in [0.05, 0.1) is 9.79 Å². The van der Waals surface area contributed by atoms with Gasteiger partial charge in [0.25, 0.3) is 0 Å². The number of nitrogens with one attached hydrogen (secondary N) is 6. The molecular formula is C38H38N12Na2O8S2. The van der Waals surface area contributed by atoms with Gasteiger partial charge in [0, 0.05) is 49.1 Å². The molecule has 0 aliphatic heterocycles. The first-order valence-corrected chi connectivity index (χ1v) is 21.0. The van der Waals surface area contributed by atoms with Gasteiger partial charge in [0.15, 0.2) is 0 Å². The van der Waals surface area contributed by atoms with E-state index in [9.17, 15) is 36.2 Å². The molecule has 2 heterocycles. The molecule has 0 radical (unpaired) electrons. The molecule has 6 rings (SSSR count). The van der Waals surface area contributed by atoms with Crippen LogP contribution < -0.4 is 91.0 Å². The molecule has 2 aromatic heterocycles. The van der Waals surface area contributed by atoms with Crippen LogP contribution in [0.3, 0.4) is 0 Å². The van der Waals surface area contributed by atoms with Gasteiger partial charge in [-0.1, -0.05) is 60.7 Å². The largest absolute Gasteiger partial charge is 1.00 e. The van der Waals surface area contributed by atoms with Crippen LogP contribution in [0.5, 0.6) is 0 Å². The van der Waals surface area contributed by atoms with Gasteiger partial charge in [0.2, 0.25) is 35.7 Å². The zero-order valence-electron chi connectivity index (χ0n) is 33.5. The number of anilines is 10. The molecule has 0 aliphatic rings. The fourth-order valence-electron chi connectivity index (χ4n) is 5.36. The van der Waals surface area contributed by atoms with Gasteiger partial charge in [-0.2, -0.15) is 29.9 Å². The molecule has 8 N–H and O–H groups in total. The predicted octanol–water partition coefficient (Wildman–Crippen LogP) is -1.39. The molecule has 0 aliphatic carbocycles. The van der Waals surface area contributed by atoms with Crippen molar-refractivity contribution in [3.05, 3.63) is 108 Å². The maximum Gasteiger partial charge on any atom is 1.00 e. The minimum absolute atomic E-state index is 0. The SMILES string of the molecule is O=S(=O)([O-])c1cc(Nc2nc(NCCCO)nc(Nc3ccccc3)n2)ccc1/C=C/c1ccc(Nc2nc(NCCCO)nc(Nc3ccccc3)n2)cc1S(=O)(=O)[O-].[Na+].[Na+]. The summed E-state index contributed by atoms with van der Waals surface area (Å²) in [6, 6.07) is 25.7. The fourth-order valence-corrected chi connectivity index (χ4v) is 6.76. The predicted molar refractivity (Wildman–Crippen MR) is 224 cm³/mol. The Bertz CT molecular complexity index is 2490. The maximum absolute atomic E-state index is 12.5. The first-order valence-electron chi connectivity index (χ1n) is 18.1. The van der Waals surface area contributed by atoms with Crippen molar-refractivity contribution in [2.45, 2.75) is 22.6 Å². The molecule has 62 heavy (non-hydrogen) atoms. The topological polar surface area (TPSA) is 304 Å². The van der Waals surface area contributed by atoms with Crippen LogP contribution in [0, 0.1) is 0 Å². The molecule has 0 atom stereocenters. The Morgan fingerprint density at radius 1 is 0.468 bits per heavy atom. The summed E-state index contributed by atoms with van der Waals surface area (Å²) in [4.78, 5) is 24.7. The Morgan fingerprint density at radius 3 is 1.11 bits per heavy atom. The number of para-hydroxylation sites is 2. The molecule has 4 aromatic carbocycles. The van der Waals surface area contributed by atoms with E-state index < -0.39 is 30.0 Å². The average Bonchev–Trinajstić information content (AvgIpc) is 3.21. The van der Waals surface area contributed by atoms with Crippen molar-refractivity contribution in [3.8, 4) is 0 Å². The first kappa shape index (κ1) is 49.8. The molecule has 0 amide bonds. The number of benzene rings is 4. The maximum atomic E-state index is 12.5. The second kappa shape index (κ2) is 23.6. The summed E-state index contributed by atoms with van der Waals surface area (Å²) in [7, 11) is -10.2. The van der Waals surface area contributed by atoms with Gasteiger partial charge < -0.3 is 51.2 Å². The van der Waals surface area contributed by atoms with E-state index in [1.165, 1.54) is 36.4 Å². The van der Waals surface area contributed by atoms with Crippen LogP contribution in [-0.2, 0) is 20.2 Å². The van der Waals surface area contributed by atoms with Crippen LogP contribution in [0.2, 0.25) is 0 Å². The summed E-state index contributed by atoms with van der Waals surface area (Å²) in [5.41, 5.74) is 1.37. The summed E-state index contributed by atoms with van der Waals surface area (Å²) < 4.78 is 75.0. The third kappa shape index (κ3) is 14.9. The van der Waals surface area contributed by atoms with Crippen LogP contribution in [0.4, 0.5) is 58.4 Å². The van der Waals surface area contributed by atoms with E-state index in [4.69, 9.17) is 0 Å². The number of aliphatic hydroxyl groups excluding tert-OH is 2. The zero-order valence-corrected chi connectivity index (χ0v) is 39.1. The summed E-state index contributed by atoms with van der Waals surface area (Å²) >= 11 is 0. The summed E-state index contributed by atoms with van der Waals surface area (Å²) in [6.07, 6.45) is 3.22. The van der Waals surface area contributed by atoms with Crippen molar-refractivity contribution >= 4 is 90.8 Å². The molecule has 20 nitrogen and oxygen atoms in total. The minimum atomic E-state index is -5.11. The Morgan fingerprint density at radius 2 is 0.790 bits per heavy atom. The third-order valence-corrected chi connectivity index (χ3v) is 9.87. The van der Waals surface area contributed by atoms with Gasteiger partial charge >= 0.3 is 59.1 Å². The summed E-state index contributed by atoms with van der Waals surface area (Å²) in [5.74, 6) is 0.551. The van der Waals surface area contributed by atoms with E-state index in [1.807, 2.05) is 36.4 Å². The van der Waals surface area contributed by atoms with Crippen LogP contribution in [0.1, 0.15) is 24.0 Å². The molecule has 0 saturated carbocycles. The summed E-state index contributed by atoms with van der Waals surface area (Å²) in [6.45, 7) is 0.560. The number of hydrogen-bond donors (Lipinski definition) is 8. The number of hydrogen-bond acceptors (Lipinski definition) is 20. The van der Waals surface area contributed by atoms with Gasteiger partial charge in [-0.05, 0) is 72.5 Å². The van der Waals surface area contributed by atoms with Crippen molar-refractivity contribution in [1.82, 2.24) is 29.9 Å². The van der Waals surface area contributed by atoms with Gasteiger partial charge in [0.1, 0.15) is 20.2 Å². The summed E-state index contributed by atoms with van der Waals surface area (Å²) in [5, 5.41) is 36.2. The Balaban J connectivity index is 0.00000422. The average molecular weight is 901 g/mol.